The molecule has 0 bridgehead atoms. The first kappa shape index (κ1) is 11.3. The standard InChI is InChI=1S/C14H17N3O/c1-3-14(18-10-1)11-15-12-4-6-13(7-5-12)17-9-2-8-16-17/h2,4-9,14-15H,1,3,10-11H2. The summed E-state index contributed by atoms with van der Waals surface area (Å²) in [5.41, 5.74) is 2.20. The van der Waals surface area contributed by atoms with Gasteiger partial charge in [-0.15, -0.1) is 0 Å². The van der Waals surface area contributed by atoms with Crippen molar-refractivity contribution in [1.82, 2.24) is 9.78 Å². The van der Waals surface area contributed by atoms with Crippen LogP contribution in [0.4, 0.5) is 5.69 Å². The van der Waals surface area contributed by atoms with Crippen molar-refractivity contribution < 1.29 is 4.74 Å². The highest BCUT2D eigenvalue weighted by Crippen LogP contribution is 2.15. The number of benzene rings is 1. The van der Waals surface area contributed by atoms with E-state index in [4.69, 9.17) is 4.74 Å². The summed E-state index contributed by atoms with van der Waals surface area (Å²) in [4.78, 5) is 0. The summed E-state index contributed by atoms with van der Waals surface area (Å²) in [5, 5.41) is 7.61. The van der Waals surface area contributed by atoms with Crippen LogP contribution >= 0.6 is 0 Å². The minimum Gasteiger partial charge on any atom is -0.382 e. The fourth-order valence-corrected chi connectivity index (χ4v) is 2.19. The number of anilines is 1. The fraction of sp³-hybridized carbons (Fsp3) is 0.357. The van der Waals surface area contributed by atoms with Crippen LogP contribution in [-0.4, -0.2) is 29.0 Å². The zero-order valence-electron chi connectivity index (χ0n) is 10.2. The third-order valence-corrected chi connectivity index (χ3v) is 3.19. The van der Waals surface area contributed by atoms with Crippen LogP contribution < -0.4 is 5.32 Å². The zero-order valence-corrected chi connectivity index (χ0v) is 10.2. The van der Waals surface area contributed by atoms with Crippen molar-refractivity contribution in [3.63, 3.8) is 0 Å². The first-order valence-corrected chi connectivity index (χ1v) is 6.37. The molecule has 4 nitrogen and oxygen atoms in total. The topological polar surface area (TPSA) is 39.1 Å². The van der Waals surface area contributed by atoms with E-state index in [2.05, 4.69) is 34.7 Å². The van der Waals surface area contributed by atoms with E-state index in [1.54, 1.807) is 6.20 Å². The van der Waals surface area contributed by atoms with E-state index in [0.717, 1.165) is 24.5 Å². The number of rotatable bonds is 4. The molecular formula is C14H17N3O. The lowest BCUT2D eigenvalue weighted by Gasteiger charge is -2.12. The molecule has 0 radical (unpaired) electrons. The van der Waals surface area contributed by atoms with Crippen LogP contribution in [0.1, 0.15) is 12.8 Å². The Morgan fingerprint density at radius 3 is 2.89 bits per heavy atom. The van der Waals surface area contributed by atoms with Crippen molar-refractivity contribution in [3.8, 4) is 5.69 Å². The van der Waals surface area contributed by atoms with E-state index >= 15 is 0 Å². The molecule has 18 heavy (non-hydrogen) atoms. The van der Waals surface area contributed by atoms with Crippen LogP contribution in [0.5, 0.6) is 0 Å². The van der Waals surface area contributed by atoms with Gasteiger partial charge in [0.05, 0.1) is 11.8 Å². The van der Waals surface area contributed by atoms with Crippen molar-refractivity contribution >= 4 is 5.69 Å². The highest BCUT2D eigenvalue weighted by Gasteiger charge is 2.14. The van der Waals surface area contributed by atoms with E-state index < -0.39 is 0 Å². The zero-order chi connectivity index (χ0) is 12.2. The number of aromatic nitrogens is 2. The highest BCUT2D eigenvalue weighted by atomic mass is 16.5. The number of hydrogen-bond acceptors (Lipinski definition) is 3. The van der Waals surface area contributed by atoms with Gasteiger partial charge in [0.15, 0.2) is 0 Å². The lowest BCUT2D eigenvalue weighted by molar-refractivity contribution is 0.120. The smallest absolute Gasteiger partial charge is 0.0748 e. The van der Waals surface area contributed by atoms with E-state index in [1.807, 2.05) is 16.9 Å². The molecule has 1 atom stereocenters. The molecule has 0 amide bonds. The maximum Gasteiger partial charge on any atom is 0.0748 e. The van der Waals surface area contributed by atoms with Gasteiger partial charge in [0, 0.05) is 31.2 Å². The Hall–Kier alpha value is -1.81. The van der Waals surface area contributed by atoms with Crippen LogP contribution in [0.3, 0.4) is 0 Å². The maximum absolute atomic E-state index is 5.58. The van der Waals surface area contributed by atoms with Crippen molar-refractivity contribution in [3.05, 3.63) is 42.7 Å². The molecule has 1 aliphatic rings. The van der Waals surface area contributed by atoms with Gasteiger partial charge in [0.2, 0.25) is 0 Å². The van der Waals surface area contributed by atoms with Crippen molar-refractivity contribution in [2.24, 2.45) is 0 Å². The molecular weight excluding hydrogens is 226 g/mol. The van der Waals surface area contributed by atoms with Crippen molar-refractivity contribution in [2.45, 2.75) is 18.9 Å². The average molecular weight is 243 g/mol. The van der Waals surface area contributed by atoms with Crippen LogP contribution in [-0.2, 0) is 4.74 Å². The summed E-state index contributed by atoms with van der Waals surface area (Å²) in [5.74, 6) is 0. The van der Waals surface area contributed by atoms with Crippen molar-refractivity contribution in [2.75, 3.05) is 18.5 Å². The van der Waals surface area contributed by atoms with Gasteiger partial charge >= 0.3 is 0 Å². The number of hydrogen-bond donors (Lipinski definition) is 1. The van der Waals surface area contributed by atoms with Crippen LogP contribution in [0.25, 0.3) is 5.69 Å². The molecule has 0 spiro atoms. The predicted molar refractivity (Wildman–Crippen MR) is 71.0 cm³/mol. The monoisotopic (exact) mass is 243 g/mol. The summed E-state index contributed by atoms with van der Waals surface area (Å²) in [6.07, 6.45) is 6.44. The van der Waals surface area contributed by atoms with E-state index in [-0.39, 0.29) is 0 Å². The molecule has 4 heteroatoms. The highest BCUT2D eigenvalue weighted by molar-refractivity contribution is 5.48. The van der Waals surface area contributed by atoms with Gasteiger partial charge in [-0.25, -0.2) is 4.68 Å². The number of nitrogens with one attached hydrogen (secondary N) is 1. The fourth-order valence-electron chi connectivity index (χ4n) is 2.19. The Morgan fingerprint density at radius 1 is 1.33 bits per heavy atom. The second-order valence-electron chi connectivity index (χ2n) is 4.51. The van der Waals surface area contributed by atoms with Gasteiger partial charge in [-0.2, -0.15) is 5.10 Å². The van der Waals surface area contributed by atoms with Gasteiger partial charge < -0.3 is 10.1 Å². The van der Waals surface area contributed by atoms with E-state index in [1.165, 1.54) is 12.8 Å². The third kappa shape index (κ3) is 2.54. The third-order valence-electron chi connectivity index (χ3n) is 3.19. The van der Waals surface area contributed by atoms with E-state index in [9.17, 15) is 0 Å². The summed E-state index contributed by atoms with van der Waals surface area (Å²) >= 11 is 0. The van der Waals surface area contributed by atoms with Crippen LogP contribution in [0, 0.1) is 0 Å². The van der Waals surface area contributed by atoms with Gasteiger partial charge in [-0.3, -0.25) is 0 Å². The molecule has 1 saturated heterocycles. The molecule has 1 N–H and O–H groups in total. The minimum absolute atomic E-state index is 0.371. The molecule has 3 rings (SSSR count). The predicted octanol–water partition coefficient (Wildman–Crippen LogP) is 2.46. The lowest BCUT2D eigenvalue weighted by atomic mass is 10.2. The molecule has 94 valence electrons. The molecule has 1 unspecified atom stereocenters. The van der Waals surface area contributed by atoms with Gasteiger partial charge in [0.25, 0.3) is 0 Å². The molecule has 0 saturated carbocycles. The van der Waals surface area contributed by atoms with Crippen LogP contribution in [0.15, 0.2) is 42.7 Å². The number of nitrogens with zero attached hydrogens (tertiary/aromatic N) is 2. The Labute approximate surface area is 107 Å². The Balaban J connectivity index is 1.60. The maximum atomic E-state index is 5.58. The summed E-state index contributed by atoms with van der Waals surface area (Å²) < 4.78 is 7.43. The Kier molecular flexibility index (Phi) is 3.28. The molecule has 1 fully saturated rings. The molecule has 0 aliphatic carbocycles. The first-order chi connectivity index (χ1) is 8.92. The SMILES string of the molecule is c1cnn(-c2ccc(NCC3CCCO3)cc2)c1. The number of ether oxygens (including phenoxy) is 1. The minimum atomic E-state index is 0.371. The second kappa shape index (κ2) is 5.23. The Bertz CT molecular complexity index is 472. The van der Waals surface area contributed by atoms with E-state index in [0.29, 0.717) is 6.10 Å². The van der Waals surface area contributed by atoms with Gasteiger partial charge in [-0.1, -0.05) is 0 Å². The molecule has 2 heterocycles. The lowest BCUT2D eigenvalue weighted by Crippen LogP contribution is -2.18. The van der Waals surface area contributed by atoms with Crippen LogP contribution in [0.2, 0.25) is 0 Å². The first-order valence-electron chi connectivity index (χ1n) is 6.37. The second-order valence-corrected chi connectivity index (χ2v) is 4.51. The van der Waals surface area contributed by atoms with Gasteiger partial charge in [-0.05, 0) is 43.2 Å². The van der Waals surface area contributed by atoms with Crippen molar-refractivity contribution in [1.29, 1.82) is 0 Å². The normalized spacial score (nSPS) is 19.0. The molecule has 1 aromatic heterocycles. The summed E-state index contributed by atoms with van der Waals surface area (Å²) in [7, 11) is 0. The average Bonchev–Trinajstić information content (AvgIpc) is 3.10. The quantitative estimate of drug-likeness (QED) is 0.896. The van der Waals surface area contributed by atoms with Gasteiger partial charge in [0.1, 0.15) is 0 Å². The molecule has 1 aliphatic heterocycles. The molecule has 2 aromatic rings. The molecule has 1 aromatic carbocycles. The summed E-state index contributed by atoms with van der Waals surface area (Å²) in [6, 6.07) is 10.2. The largest absolute Gasteiger partial charge is 0.382 e. The Morgan fingerprint density at radius 2 is 2.22 bits per heavy atom. The summed E-state index contributed by atoms with van der Waals surface area (Å²) in [6.45, 7) is 1.80.